The molecule has 3 rings (SSSR count). The first-order valence-electron chi connectivity index (χ1n) is 8.74. The van der Waals surface area contributed by atoms with Crippen LogP contribution in [0.3, 0.4) is 0 Å². The Bertz CT molecular complexity index is 991. The number of benzene rings is 1. The van der Waals surface area contributed by atoms with Crippen LogP contribution >= 0.6 is 0 Å². The van der Waals surface area contributed by atoms with Gasteiger partial charge in [-0.15, -0.1) is 0 Å². The Labute approximate surface area is 162 Å². The number of halogens is 5. The zero-order valence-corrected chi connectivity index (χ0v) is 16.0. The number of rotatable bonds is 3. The van der Waals surface area contributed by atoms with Gasteiger partial charge in [0.25, 0.3) is 5.56 Å². The molecule has 0 radical (unpaired) electrons. The molecule has 1 fully saturated rings. The van der Waals surface area contributed by atoms with Gasteiger partial charge in [-0.1, -0.05) is 13.0 Å². The summed E-state index contributed by atoms with van der Waals surface area (Å²) in [5.74, 6) is -5.54. The zero-order chi connectivity index (χ0) is 21.7. The van der Waals surface area contributed by atoms with E-state index in [1.165, 1.54) is 20.0 Å². The molecular formula is C19H19F5N2O3. The van der Waals surface area contributed by atoms with Gasteiger partial charge in [0, 0.05) is 29.2 Å². The number of alkyl halides is 3. The van der Waals surface area contributed by atoms with Crippen LogP contribution in [0.15, 0.2) is 23.1 Å². The Kier molecular flexibility index (Phi) is 5.18. The number of aromatic amines is 1. The van der Waals surface area contributed by atoms with E-state index in [1.54, 1.807) is 0 Å². The Balaban J connectivity index is 2.24. The summed E-state index contributed by atoms with van der Waals surface area (Å²) >= 11 is 0. The van der Waals surface area contributed by atoms with E-state index in [4.69, 9.17) is 9.47 Å². The van der Waals surface area contributed by atoms with Crippen molar-refractivity contribution in [1.82, 2.24) is 9.97 Å². The lowest BCUT2D eigenvalue weighted by atomic mass is 9.77. The van der Waals surface area contributed by atoms with Crippen LogP contribution in [0.4, 0.5) is 22.0 Å². The summed E-state index contributed by atoms with van der Waals surface area (Å²) < 4.78 is 79.9. The summed E-state index contributed by atoms with van der Waals surface area (Å²) in [6.07, 6.45) is -4.93. The molecule has 10 heteroatoms. The highest BCUT2D eigenvalue weighted by Gasteiger charge is 2.65. The largest absolute Gasteiger partial charge is 0.493 e. The first-order chi connectivity index (χ1) is 13.4. The molecule has 5 nitrogen and oxygen atoms in total. The summed E-state index contributed by atoms with van der Waals surface area (Å²) in [7, 11) is 1.09. The van der Waals surface area contributed by atoms with Crippen molar-refractivity contribution < 1.29 is 31.4 Å². The fraction of sp³-hybridized carbons (Fsp3) is 0.474. The lowest BCUT2D eigenvalue weighted by Gasteiger charge is -2.32. The second-order valence-corrected chi connectivity index (χ2v) is 7.22. The van der Waals surface area contributed by atoms with E-state index in [-0.39, 0.29) is 17.0 Å². The first kappa shape index (κ1) is 21.2. The van der Waals surface area contributed by atoms with Crippen molar-refractivity contribution in [3.63, 3.8) is 0 Å². The maximum Gasteiger partial charge on any atom is 0.417 e. The molecule has 1 aliphatic rings. The molecule has 0 saturated carbocycles. The van der Waals surface area contributed by atoms with Crippen molar-refractivity contribution in [3.05, 3.63) is 57.3 Å². The second-order valence-electron chi connectivity index (χ2n) is 7.22. The molecular weight excluding hydrogens is 399 g/mol. The number of hydrogen-bond donors (Lipinski definition) is 1. The van der Waals surface area contributed by atoms with Crippen LogP contribution < -0.4 is 10.3 Å². The first-order valence-corrected chi connectivity index (χ1v) is 8.74. The second kappa shape index (κ2) is 7.08. The topological polar surface area (TPSA) is 64.2 Å². The van der Waals surface area contributed by atoms with Gasteiger partial charge in [-0.3, -0.25) is 4.79 Å². The van der Waals surface area contributed by atoms with Gasteiger partial charge >= 0.3 is 6.18 Å². The number of H-pyrrole nitrogens is 1. The Morgan fingerprint density at radius 2 is 1.93 bits per heavy atom. The summed E-state index contributed by atoms with van der Waals surface area (Å²) in [6, 6.07) is 1.97. The zero-order valence-electron chi connectivity index (χ0n) is 16.0. The number of aryl methyl sites for hydroxylation is 1. The van der Waals surface area contributed by atoms with Crippen LogP contribution in [-0.2, 0) is 4.74 Å². The van der Waals surface area contributed by atoms with Gasteiger partial charge in [0.1, 0.15) is 11.9 Å². The van der Waals surface area contributed by atoms with Crippen LogP contribution in [0.1, 0.15) is 42.8 Å². The third-order valence-electron chi connectivity index (χ3n) is 5.58. The van der Waals surface area contributed by atoms with E-state index in [0.717, 1.165) is 26.2 Å². The van der Waals surface area contributed by atoms with E-state index in [0.29, 0.717) is 0 Å². The summed E-state index contributed by atoms with van der Waals surface area (Å²) in [5, 5.41) is 0. The molecule has 4 atom stereocenters. The molecule has 0 amide bonds. The number of nitrogens with one attached hydrogen (secondary N) is 1. The fourth-order valence-corrected chi connectivity index (χ4v) is 3.67. The minimum atomic E-state index is -4.77. The number of ether oxygens (including phenoxy) is 2. The van der Waals surface area contributed by atoms with Crippen LogP contribution in [0.25, 0.3) is 0 Å². The average molecular weight is 418 g/mol. The van der Waals surface area contributed by atoms with Crippen LogP contribution in [0, 0.1) is 24.5 Å². The molecule has 1 aromatic heterocycles. The summed E-state index contributed by atoms with van der Waals surface area (Å²) in [4.78, 5) is 18.4. The van der Waals surface area contributed by atoms with Crippen LogP contribution in [0.5, 0.6) is 5.75 Å². The lowest BCUT2D eigenvalue weighted by Crippen LogP contribution is -2.46. The van der Waals surface area contributed by atoms with Gasteiger partial charge in [-0.05, 0) is 19.9 Å². The fourth-order valence-electron chi connectivity index (χ4n) is 3.67. The standard InChI is InChI=1S/C19H19F5N2O3/c1-8-7-25-16(26-17(8)27)15-12(9(2)18(3,29-15)19(22,23)24)10-5-6-11(20)13(21)14(10)28-4/h5-7,9,12,15H,1-4H3,(H,25,26,27)/t9-,12-,15+,18+/m0/s1. The normalized spacial score (nSPS) is 27.3. The lowest BCUT2D eigenvalue weighted by molar-refractivity contribution is -0.275. The summed E-state index contributed by atoms with van der Waals surface area (Å²) in [6.45, 7) is 3.66. The molecule has 1 saturated heterocycles. The van der Waals surface area contributed by atoms with E-state index >= 15 is 0 Å². The Morgan fingerprint density at radius 3 is 2.48 bits per heavy atom. The Hall–Kier alpha value is -2.49. The number of methoxy groups -OCH3 is 1. The third-order valence-corrected chi connectivity index (χ3v) is 5.58. The molecule has 1 aromatic carbocycles. The molecule has 2 aromatic rings. The third kappa shape index (κ3) is 3.29. The Morgan fingerprint density at radius 1 is 1.28 bits per heavy atom. The summed E-state index contributed by atoms with van der Waals surface area (Å²) in [5.41, 5.74) is -2.91. The van der Waals surface area contributed by atoms with Crippen molar-refractivity contribution in [3.8, 4) is 5.75 Å². The van der Waals surface area contributed by atoms with Gasteiger partial charge in [-0.2, -0.15) is 17.6 Å². The van der Waals surface area contributed by atoms with Crippen LogP contribution in [-0.4, -0.2) is 28.9 Å². The van der Waals surface area contributed by atoms with Crippen molar-refractivity contribution >= 4 is 0 Å². The van der Waals surface area contributed by atoms with Gasteiger partial charge in [0.15, 0.2) is 17.2 Å². The molecule has 158 valence electrons. The molecule has 2 heterocycles. The average Bonchev–Trinajstić information content (AvgIpc) is 2.92. The number of aromatic nitrogens is 2. The predicted octanol–water partition coefficient (Wildman–Crippen LogP) is 4.18. The monoisotopic (exact) mass is 418 g/mol. The SMILES string of the molecule is COc1c([C@H]2[C@H](c3ncc(C)c(=O)[nH]3)O[C@@](C)(C(F)(F)F)[C@H]2C)ccc(F)c1F. The molecule has 29 heavy (non-hydrogen) atoms. The van der Waals surface area contributed by atoms with Gasteiger partial charge in [0.05, 0.1) is 7.11 Å². The van der Waals surface area contributed by atoms with Gasteiger partial charge in [0.2, 0.25) is 5.82 Å². The number of nitrogens with zero attached hydrogens (tertiary/aromatic N) is 1. The molecule has 1 N–H and O–H groups in total. The molecule has 1 aliphatic heterocycles. The van der Waals surface area contributed by atoms with Crippen LogP contribution in [0.2, 0.25) is 0 Å². The number of hydrogen-bond acceptors (Lipinski definition) is 4. The van der Waals surface area contributed by atoms with Gasteiger partial charge in [-0.25, -0.2) is 9.37 Å². The highest BCUT2D eigenvalue weighted by atomic mass is 19.4. The highest BCUT2D eigenvalue weighted by molar-refractivity contribution is 5.41. The minimum Gasteiger partial charge on any atom is -0.493 e. The molecule has 0 bridgehead atoms. The maximum atomic E-state index is 14.3. The van der Waals surface area contributed by atoms with E-state index < -0.39 is 52.7 Å². The van der Waals surface area contributed by atoms with E-state index in [1.807, 2.05) is 0 Å². The van der Waals surface area contributed by atoms with E-state index in [2.05, 4.69) is 9.97 Å². The quantitative estimate of drug-likeness (QED) is 0.760. The van der Waals surface area contributed by atoms with Crippen molar-refractivity contribution in [2.75, 3.05) is 7.11 Å². The maximum absolute atomic E-state index is 14.3. The molecule has 0 spiro atoms. The molecule has 0 aliphatic carbocycles. The van der Waals surface area contributed by atoms with Gasteiger partial charge < -0.3 is 14.5 Å². The van der Waals surface area contributed by atoms with Crippen molar-refractivity contribution in [2.24, 2.45) is 5.92 Å². The van der Waals surface area contributed by atoms with E-state index in [9.17, 15) is 26.7 Å². The highest BCUT2D eigenvalue weighted by Crippen LogP contribution is 2.59. The smallest absolute Gasteiger partial charge is 0.417 e. The minimum absolute atomic E-state index is 0.0138. The predicted molar refractivity (Wildman–Crippen MR) is 92.7 cm³/mol. The van der Waals surface area contributed by atoms with Crippen molar-refractivity contribution in [2.45, 2.75) is 44.6 Å². The molecule has 0 unspecified atom stereocenters. The van der Waals surface area contributed by atoms with Crippen molar-refractivity contribution in [1.29, 1.82) is 0 Å².